The highest BCUT2D eigenvalue weighted by molar-refractivity contribution is 6.29. The molecule has 3 N–H and O–H groups in total. The molecule has 0 heterocycles. The second-order valence-electron chi connectivity index (χ2n) is 2.94. The van der Waals surface area contributed by atoms with Gasteiger partial charge in [0.15, 0.2) is 0 Å². The Kier molecular flexibility index (Phi) is 4.87. The van der Waals surface area contributed by atoms with Crippen LogP contribution in [0.1, 0.15) is 5.56 Å². The highest BCUT2D eigenvalue weighted by Gasteiger charge is 1.98. The summed E-state index contributed by atoms with van der Waals surface area (Å²) in [6.07, 6.45) is 3.79. The molecule has 0 radical (unpaired) electrons. The minimum Gasteiger partial charge on any atom is -0.327 e. The van der Waals surface area contributed by atoms with E-state index >= 15 is 0 Å². The largest absolute Gasteiger partial charge is 0.327 e. The number of carbonyl (C=O) groups is 1. The van der Waals surface area contributed by atoms with E-state index in [1.807, 2.05) is 36.4 Å². The van der Waals surface area contributed by atoms with Gasteiger partial charge in [0, 0.05) is 12.2 Å². The van der Waals surface area contributed by atoms with Gasteiger partial charge in [-0.2, -0.15) is 0 Å². The number of anilines is 1. The minimum atomic E-state index is -0.207. The smallest absolute Gasteiger partial charge is 0.239 e. The fourth-order valence-corrected chi connectivity index (χ4v) is 1.14. The van der Waals surface area contributed by atoms with Gasteiger partial charge >= 0.3 is 0 Å². The summed E-state index contributed by atoms with van der Waals surface area (Å²) in [5, 5.41) is 2.66. The van der Waals surface area contributed by atoms with Crippen molar-refractivity contribution in [3.05, 3.63) is 35.9 Å². The molecule has 1 rings (SSSR count). The SMILES string of the molecule is NCC=Cc1ccc(NC(=O)CCl)cc1. The molecule has 0 unspecified atom stereocenters. The number of hydrogen-bond donors (Lipinski definition) is 2. The molecule has 0 spiro atoms. The highest BCUT2D eigenvalue weighted by atomic mass is 35.5. The molecule has 0 fully saturated rings. The molecule has 0 aliphatic rings. The van der Waals surface area contributed by atoms with Gasteiger partial charge in [0.1, 0.15) is 5.88 Å². The molecule has 0 saturated carbocycles. The number of hydrogen-bond acceptors (Lipinski definition) is 2. The molecule has 15 heavy (non-hydrogen) atoms. The maximum Gasteiger partial charge on any atom is 0.239 e. The Bertz CT molecular complexity index is 346. The molecule has 0 aromatic heterocycles. The average Bonchev–Trinajstić information content (AvgIpc) is 2.28. The summed E-state index contributed by atoms with van der Waals surface area (Å²) in [6, 6.07) is 7.44. The molecule has 0 aliphatic heterocycles. The fourth-order valence-electron chi connectivity index (χ4n) is 1.08. The molecule has 0 aliphatic carbocycles. The van der Waals surface area contributed by atoms with E-state index < -0.39 is 0 Å². The molecule has 1 aromatic rings. The fraction of sp³-hybridized carbons (Fsp3) is 0.182. The number of carbonyl (C=O) groups excluding carboxylic acids is 1. The van der Waals surface area contributed by atoms with Crippen molar-refractivity contribution in [1.82, 2.24) is 0 Å². The third kappa shape index (κ3) is 4.14. The predicted octanol–water partition coefficient (Wildman–Crippen LogP) is 1.84. The maximum atomic E-state index is 11.0. The standard InChI is InChI=1S/C11H13ClN2O/c12-8-11(15)14-10-5-3-9(4-6-10)2-1-7-13/h1-6H,7-8,13H2,(H,14,15). The molecule has 3 nitrogen and oxygen atoms in total. The van der Waals surface area contributed by atoms with Crippen molar-refractivity contribution in [2.75, 3.05) is 17.7 Å². The third-order valence-electron chi connectivity index (χ3n) is 1.76. The number of nitrogens with two attached hydrogens (primary N) is 1. The van der Waals surface area contributed by atoms with Crippen LogP contribution in [0.15, 0.2) is 30.3 Å². The number of amides is 1. The Balaban J connectivity index is 2.64. The van der Waals surface area contributed by atoms with Gasteiger partial charge in [-0.25, -0.2) is 0 Å². The van der Waals surface area contributed by atoms with Crippen LogP contribution in [-0.4, -0.2) is 18.3 Å². The number of rotatable bonds is 4. The van der Waals surface area contributed by atoms with Crippen molar-refractivity contribution >= 4 is 29.3 Å². The van der Waals surface area contributed by atoms with Crippen LogP contribution in [0.3, 0.4) is 0 Å². The number of alkyl halides is 1. The van der Waals surface area contributed by atoms with Gasteiger partial charge in [-0.05, 0) is 17.7 Å². The Morgan fingerprint density at radius 3 is 2.60 bits per heavy atom. The number of nitrogens with one attached hydrogen (secondary N) is 1. The first-order chi connectivity index (χ1) is 7.26. The monoisotopic (exact) mass is 224 g/mol. The van der Waals surface area contributed by atoms with E-state index in [0.717, 1.165) is 11.3 Å². The summed E-state index contributed by atoms with van der Waals surface area (Å²) in [5.41, 5.74) is 7.12. The van der Waals surface area contributed by atoms with Crippen molar-refractivity contribution in [1.29, 1.82) is 0 Å². The second kappa shape index (κ2) is 6.22. The van der Waals surface area contributed by atoms with Gasteiger partial charge in [0.25, 0.3) is 0 Å². The minimum absolute atomic E-state index is 0.0329. The van der Waals surface area contributed by atoms with E-state index in [1.165, 1.54) is 0 Å². The Morgan fingerprint density at radius 1 is 1.40 bits per heavy atom. The second-order valence-corrected chi connectivity index (χ2v) is 3.21. The van der Waals surface area contributed by atoms with Crippen LogP contribution in [0.2, 0.25) is 0 Å². The summed E-state index contributed by atoms with van der Waals surface area (Å²) in [5.74, 6) is -0.239. The predicted molar refractivity (Wildman–Crippen MR) is 63.9 cm³/mol. The first-order valence-electron chi connectivity index (χ1n) is 4.58. The van der Waals surface area contributed by atoms with Crippen LogP contribution >= 0.6 is 11.6 Å². The summed E-state index contributed by atoms with van der Waals surface area (Å²) in [6.45, 7) is 0.519. The Morgan fingerprint density at radius 2 is 2.07 bits per heavy atom. The van der Waals surface area contributed by atoms with Crippen LogP contribution in [0.25, 0.3) is 6.08 Å². The van der Waals surface area contributed by atoms with Gasteiger partial charge in [-0.3, -0.25) is 4.79 Å². The van der Waals surface area contributed by atoms with Gasteiger partial charge in [-0.15, -0.1) is 11.6 Å². The Labute approximate surface area is 93.9 Å². The van der Waals surface area contributed by atoms with Crippen LogP contribution in [0, 0.1) is 0 Å². The van der Waals surface area contributed by atoms with E-state index in [1.54, 1.807) is 0 Å². The van der Waals surface area contributed by atoms with Crippen molar-refractivity contribution in [2.24, 2.45) is 5.73 Å². The summed E-state index contributed by atoms with van der Waals surface area (Å²) >= 11 is 5.36. The van der Waals surface area contributed by atoms with E-state index in [9.17, 15) is 4.79 Å². The first-order valence-corrected chi connectivity index (χ1v) is 5.12. The lowest BCUT2D eigenvalue weighted by atomic mass is 10.2. The molecule has 80 valence electrons. The number of halogens is 1. The lowest BCUT2D eigenvalue weighted by Gasteiger charge is -2.02. The molecule has 0 atom stereocenters. The molecular formula is C11H13ClN2O. The number of benzene rings is 1. The molecule has 0 bridgehead atoms. The average molecular weight is 225 g/mol. The van der Waals surface area contributed by atoms with Crippen molar-refractivity contribution in [3.8, 4) is 0 Å². The Hall–Kier alpha value is -1.32. The van der Waals surface area contributed by atoms with E-state index in [4.69, 9.17) is 17.3 Å². The molecule has 4 heteroatoms. The van der Waals surface area contributed by atoms with Crippen LogP contribution < -0.4 is 11.1 Å². The molecule has 1 aromatic carbocycles. The normalized spacial score (nSPS) is 10.5. The lowest BCUT2D eigenvalue weighted by molar-refractivity contribution is -0.113. The summed E-state index contributed by atoms with van der Waals surface area (Å²) in [7, 11) is 0. The zero-order valence-corrected chi connectivity index (χ0v) is 9.00. The van der Waals surface area contributed by atoms with Gasteiger partial charge in [0.2, 0.25) is 5.91 Å². The quantitative estimate of drug-likeness (QED) is 0.767. The lowest BCUT2D eigenvalue weighted by Crippen LogP contribution is -2.12. The summed E-state index contributed by atoms with van der Waals surface area (Å²) in [4.78, 5) is 11.0. The molecule has 1 amide bonds. The highest BCUT2D eigenvalue weighted by Crippen LogP contribution is 2.10. The summed E-state index contributed by atoms with van der Waals surface area (Å²) < 4.78 is 0. The van der Waals surface area contributed by atoms with Gasteiger partial charge in [0.05, 0.1) is 0 Å². The van der Waals surface area contributed by atoms with Gasteiger partial charge in [-0.1, -0.05) is 24.3 Å². The van der Waals surface area contributed by atoms with Crippen LogP contribution in [-0.2, 0) is 4.79 Å². The topological polar surface area (TPSA) is 55.1 Å². The third-order valence-corrected chi connectivity index (χ3v) is 2.00. The van der Waals surface area contributed by atoms with Gasteiger partial charge < -0.3 is 11.1 Å². The van der Waals surface area contributed by atoms with E-state index in [-0.39, 0.29) is 11.8 Å². The maximum absolute atomic E-state index is 11.0. The van der Waals surface area contributed by atoms with E-state index in [2.05, 4.69) is 5.32 Å². The molecule has 0 saturated heterocycles. The molecular weight excluding hydrogens is 212 g/mol. The van der Waals surface area contributed by atoms with Crippen LogP contribution in [0.5, 0.6) is 0 Å². The van der Waals surface area contributed by atoms with Crippen molar-refractivity contribution in [3.63, 3.8) is 0 Å². The zero-order valence-electron chi connectivity index (χ0n) is 8.24. The van der Waals surface area contributed by atoms with E-state index in [0.29, 0.717) is 6.54 Å². The van der Waals surface area contributed by atoms with Crippen molar-refractivity contribution < 1.29 is 4.79 Å². The first kappa shape index (κ1) is 11.8. The zero-order chi connectivity index (χ0) is 11.1. The van der Waals surface area contributed by atoms with Crippen molar-refractivity contribution in [2.45, 2.75) is 0 Å². The van der Waals surface area contributed by atoms with Crippen LogP contribution in [0.4, 0.5) is 5.69 Å².